The maximum atomic E-state index is 12.7. The van der Waals surface area contributed by atoms with E-state index in [-0.39, 0.29) is 0 Å². The van der Waals surface area contributed by atoms with Crippen molar-refractivity contribution in [2.75, 3.05) is 13.2 Å². The third-order valence-electron chi connectivity index (χ3n) is 2.28. The van der Waals surface area contributed by atoms with Crippen LogP contribution in [0.15, 0.2) is 12.4 Å². The smallest absolute Gasteiger partial charge is 0.392 e. The molecule has 0 fully saturated rings. The minimum absolute atomic E-state index is 0.695. The van der Waals surface area contributed by atoms with E-state index < -0.39 is 61.0 Å². The van der Waals surface area contributed by atoms with E-state index in [0.717, 1.165) is 0 Å². The lowest BCUT2D eigenvalue weighted by Gasteiger charge is -2.27. The molecule has 0 aliphatic heterocycles. The average Bonchev–Trinajstić information content (AvgIpc) is 2.35. The van der Waals surface area contributed by atoms with Crippen molar-refractivity contribution in [3.05, 3.63) is 12.4 Å². The minimum atomic E-state index is -4.63. The molecule has 5 nitrogen and oxygen atoms in total. The quantitative estimate of drug-likeness (QED) is 0.218. The second-order valence-corrected chi connectivity index (χ2v) is 5.16. The van der Waals surface area contributed by atoms with Crippen molar-refractivity contribution in [1.29, 1.82) is 0 Å². The Hall–Kier alpha value is -1.43. The maximum absolute atomic E-state index is 12.7. The highest BCUT2D eigenvalue weighted by molar-refractivity contribution is 7.81. The summed E-state index contributed by atoms with van der Waals surface area (Å²) in [6.07, 6.45) is -7.17. The zero-order valence-corrected chi connectivity index (χ0v) is 13.2. The highest BCUT2D eigenvalue weighted by Crippen LogP contribution is 2.25. The summed E-state index contributed by atoms with van der Waals surface area (Å²) in [5.74, 6) is -7.80. The van der Waals surface area contributed by atoms with Crippen molar-refractivity contribution < 1.29 is 50.1 Å². The fraction of sp³-hybridized carbons (Fsp3) is 0.667. The van der Waals surface area contributed by atoms with Crippen LogP contribution in [0.1, 0.15) is 19.8 Å². The second kappa shape index (κ2) is 8.60. The normalized spacial score (nSPS) is 14.7. The number of alkyl halides is 5. The molecule has 12 heteroatoms. The van der Waals surface area contributed by atoms with Gasteiger partial charge in [-0.05, 0) is 0 Å². The molecule has 0 heterocycles. The van der Waals surface area contributed by atoms with Crippen LogP contribution < -0.4 is 0 Å². The van der Waals surface area contributed by atoms with E-state index in [1.54, 1.807) is 0 Å². The number of ether oxygens (including phenoxy) is 3. The highest BCUT2D eigenvalue weighted by atomic mass is 32.1. The van der Waals surface area contributed by atoms with Crippen LogP contribution in [-0.4, -0.2) is 42.4 Å². The van der Waals surface area contributed by atoms with Crippen molar-refractivity contribution in [2.45, 2.75) is 37.0 Å². The second-order valence-electron chi connectivity index (χ2n) is 4.51. The molecule has 0 saturated carbocycles. The van der Waals surface area contributed by atoms with Crippen LogP contribution in [0.5, 0.6) is 0 Å². The summed E-state index contributed by atoms with van der Waals surface area (Å²) in [6, 6.07) is 0. The lowest BCUT2D eigenvalue weighted by atomic mass is 10.3. The van der Waals surface area contributed by atoms with E-state index in [1.165, 1.54) is 0 Å². The lowest BCUT2D eigenvalue weighted by Crippen LogP contribution is -2.45. The van der Waals surface area contributed by atoms with Crippen LogP contribution in [0.2, 0.25) is 0 Å². The summed E-state index contributed by atoms with van der Waals surface area (Å²) in [6.45, 7) is 1.24. The molecule has 24 heavy (non-hydrogen) atoms. The lowest BCUT2D eigenvalue weighted by molar-refractivity contribution is -0.239. The first-order chi connectivity index (χ1) is 10.7. The van der Waals surface area contributed by atoms with Crippen molar-refractivity contribution >= 4 is 24.6 Å². The van der Waals surface area contributed by atoms with Gasteiger partial charge in [0, 0.05) is 13.3 Å². The van der Waals surface area contributed by atoms with Gasteiger partial charge in [0.1, 0.15) is 6.61 Å². The van der Waals surface area contributed by atoms with Gasteiger partial charge in [-0.2, -0.15) is 26.3 Å². The van der Waals surface area contributed by atoms with Crippen LogP contribution in [0.4, 0.5) is 26.3 Å². The molecule has 0 aromatic rings. The van der Waals surface area contributed by atoms with Gasteiger partial charge >= 0.3 is 23.9 Å². The van der Waals surface area contributed by atoms with Gasteiger partial charge < -0.3 is 14.2 Å². The highest BCUT2D eigenvalue weighted by Gasteiger charge is 2.42. The number of thiol groups is 1. The van der Waals surface area contributed by atoms with Gasteiger partial charge in [-0.15, -0.1) is 12.6 Å². The van der Waals surface area contributed by atoms with Crippen molar-refractivity contribution in [1.82, 2.24) is 0 Å². The van der Waals surface area contributed by atoms with Gasteiger partial charge in [0.25, 0.3) is 5.25 Å². The van der Waals surface area contributed by atoms with Crippen LogP contribution in [0.25, 0.3) is 0 Å². The molecule has 0 N–H and O–H groups in total. The van der Waals surface area contributed by atoms with Crippen molar-refractivity contribution in [3.63, 3.8) is 0 Å². The Labute approximate surface area is 138 Å². The third-order valence-corrected chi connectivity index (χ3v) is 2.50. The fourth-order valence-corrected chi connectivity index (χ4v) is 1.21. The van der Waals surface area contributed by atoms with Gasteiger partial charge in [-0.1, -0.05) is 6.58 Å². The minimum Gasteiger partial charge on any atom is -0.460 e. The zero-order valence-electron chi connectivity index (χ0n) is 12.3. The number of esters is 2. The largest absolute Gasteiger partial charge is 0.460 e. The Balaban J connectivity index is 4.92. The number of halogens is 6. The predicted molar refractivity (Wildman–Crippen MR) is 70.9 cm³/mol. The standard InChI is InChI=1S/C12H14F6O5S/c1-7(13)8(19)23-10(2,22-6-4-12(17,18)24)9(20)21-5-3-11(14,15)16/h24H,1,3-6H2,2H3. The number of hydrogen-bond acceptors (Lipinski definition) is 6. The summed E-state index contributed by atoms with van der Waals surface area (Å²) in [4.78, 5) is 22.8. The Morgan fingerprint density at radius 2 is 1.62 bits per heavy atom. The fourth-order valence-electron chi connectivity index (χ4n) is 1.12. The summed E-state index contributed by atoms with van der Waals surface area (Å²) in [5, 5.41) is -3.49. The molecule has 140 valence electrons. The molecule has 0 aliphatic rings. The van der Waals surface area contributed by atoms with E-state index >= 15 is 0 Å². The Morgan fingerprint density at radius 1 is 1.08 bits per heavy atom. The van der Waals surface area contributed by atoms with E-state index in [0.29, 0.717) is 6.92 Å². The molecule has 0 spiro atoms. The van der Waals surface area contributed by atoms with Crippen molar-refractivity contribution in [3.8, 4) is 0 Å². The average molecular weight is 384 g/mol. The molecule has 0 bridgehead atoms. The monoisotopic (exact) mass is 384 g/mol. The number of carbonyl (C=O) groups is 2. The molecule has 1 atom stereocenters. The summed E-state index contributed by atoms with van der Waals surface area (Å²) < 4.78 is 87.0. The molecule has 1 unspecified atom stereocenters. The van der Waals surface area contributed by atoms with Crippen LogP contribution in [-0.2, 0) is 23.8 Å². The molecule has 0 rings (SSSR count). The first-order valence-electron chi connectivity index (χ1n) is 6.22. The van der Waals surface area contributed by atoms with Crippen LogP contribution in [0, 0.1) is 0 Å². The SMILES string of the molecule is C=C(F)C(=O)OC(C)(OCCC(F)(F)S)C(=O)OCCC(F)(F)F. The van der Waals surface area contributed by atoms with E-state index in [2.05, 4.69) is 33.4 Å². The Morgan fingerprint density at radius 3 is 2.04 bits per heavy atom. The first kappa shape index (κ1) is 22.6. The zero-order chi connectivity index (χ0) is 19.2. The summed E-state index contributed by atoms with van der Waals surface area (Å²) in [7, 11) is 0. The molecule has 0 radical (unpaired) electrons. The Kier molecular flexibility index (Phi) is 8.09. The molecule has 0 saturated heterocycles. The number of hydrogen-bond donors (Lipinski definition) is 1. The van der Waals surface area contributed by atoms with E-state index in [4.69, 9.17) is 0 Å². The molecule has 0 aromatic heterocycles. The van der Waals surface area contributed by atoms with Gasteiger partial charge in [-0.3, -0.25) is 0 Å². The van der Waals surface area contributed by atoms with Crippen LogP contribution in [0.3, 0.4) is 0 Å². The predicted octanol–water partition coefficient (Wildman–Crippen LogP) is 3.15. The Bertz CT molecular complexity index is 476. The third kappa shape index (κ3) is 9.65. The van der Waals surface area contributed by atoms with Crippen LogP contribution >= 0.6 is 12.6 Å². The van der Waals surface area contributed by atoms with Gasteiger partial charge in [0.2, 0.25) is 5.83 Å². The summed E-state index contributed by atoms with van der Waals surface area (Å²) >= 11 is 2.89. The summed E-state index contributed by atoms with van der Waals surface area (Å²) in [5.41, 5.74) is 0. The topological polar surface area (TPSA) is 61.8 Å². The molecule has 0 amide bonds. The van der Waals surface area contributed by atoms with Gasteiger partial charge in [0.15, 0.2) is 0 Å². The molecular weight excluding hydrogens is 370 g/mol. The van der Waals surface area contributed by atoms with E-state index in [1.807, 2.05) is 0 Å². The van der Waals surface area contributed by atoms with E-state index in [9.17, 15) is 35.9 Å². The maximum Gasteiger partial charge on any atom is 0.392 e. The molecule has 0 aromatic carbocycles. The number of rotatable bonds is 9. The van der Waals surface area contributed by atoms with Crippen molar-refractivity contribution in [2.24, 2.45) is 0 Å². The molecular formula is C12H14F6O5S. The van der Waals surface area contributed by atoms with Gasteiger partial charge in [-0.25, -0.2) is 9.59 Å². The first-order valence-corrected chi connectivity index (χ1v) is 6.67. The molecule has 0 aliphatic carbocycles. The number of carbonyl (C=O) groups excluding carboxylic acids is 2. The van der Waals surface area contributed by atoms with Gasteiger partial charge in [0.05, 0.1) is 13.0 Å².